The van der Waals surface area contributed by atoms with Gasteiger partial charge in [0.1, 0.15) is 8.07 Å². The van der Waals surface area contributed by atoms with Crippen molar-refractivity contribution in [2.45, 2.75) is 94.8 Å². The summed E-state index contributed by atoms with van der Waals surface area (Å²) in [6.45, 7) is 15.5. The van der Waals surface area contributed by atoms with E-state index >= 15 is 0 Å². The van der Waals surface area contributed by atoms with Crippen LogP contribution in [0.15, 0.2) is 59.5 Å². The first kappa shape index (κ1) is 27.2. The first-order valence-electron chi connectivity index (χ1n) is 12.6. The average Bonchev–Trinajstić information content (AvgIpc) is 3.13. The molecule has 0 aromatic heterocycles. The SMILES string of the molecule is Cc1ccc(S(=O)(=O)N2C(=O)C[C@H](c3ccccc3)[C@H]2CC#C[Si](C(C)C)(C(C)C)C(C)C)cc1. The highest BCUT2D eigenvalue weighted by molar-refractivity contribution is 7.89. The molecule has 1 saturated heterocycles. The molecule has 35 heavy (non-hydrogen) atoms. The molecule has 0 unspecified atom stereocenters. The summed E-state index contributed by atoms with van der Waals surface area (Å²) in [5.74, 6) is 2.88. The van der Waals surface area contributed by atoms with E-state index in [-0.39, 0.29) is 23.1 Å². The lowest BCUT2D eigenvalue weighted by Crippen LogP contribution is -2.43. The first-order chi connectivity index (χ1) is 16.4. The maximum atomic E-state index is 13.7. The average molecular weight is 510 g/mol. The fourth-order valence-corrected chi connectivity index (χ4v) is 12.8. The van der Waals surface area contributed by atoms with Gasteiger partial charge in [0, 0.05) is 18.8 Å². The predicted octanol–water partition coefficient (Wildman–Crippen LogP) is 6.68. The second-order valence-electron chi connectivity index (χ2n) is 10.7. The molecule has 6 heteroatoms. The Morgan fingerprint density at radius 1 is 0.914 bits per heavy atom. The monoisotopic (exact) mass is 509 g/mol. The molecule has 0 saturated carbocycles. The van der Waals surface area contributed by atoms with Crippen molar-refractivity contribution >= 4 is 24.0 Å². The third-order valence-electron chi connectivity index (χ3n) is 7.69. The molecule has 1 aliphatic heterocycles. The summed E-state index contributed by atoms with van der Waals surface area (Å²) in [4.78, 5) is 13.4. The van der Waals surface area contributed by atoms with Crippen molar-refractivity contribution in [3.05, 3.63) is 65.7 Å². The zero-order valence-corrected chi connectivity index (χ0v) is 23.9. The summed E-state index contributed by atoms with van der Waals surface area (Å²) >= 11 is 0. The Hall–Kier alpha value is -2.36. The van der Waals surface area contributed by atoms with Gasteiger partial charge in [0.25, 0.3) is 10.0 Å². The Labute approximate surface area is 213 Å². The molecular weight excluding hydrogens is 470 g/mol. The van der Waals surface area contributed by atoms with Crippen LogP contribution in [0.1, 0.15) is 71.4 Å². The molecule has 1 heterocycles. The van der Waals surface area contributed by atoms with Gasteiger partial charge in [-0.2, -0.15) is 0 Å². The quantitative estimate of drug-likeness (QED) is 0.309. The Bertz CT molecular complexity index is 1170. The second kappa shape index (κ2) is 10.7. The lowest BCUT2D eigenvalue weighted by molar-refractivity contribution is -0.124. The normalized spacial score (nSPS) is 18.9. The third-order valence-corrected chi connectivity index (χ3v) is 15.9. The summed E-state index contributed by atoms with van der Waals surface area (Å²) in [5.41, 5.74) is 7.12. The number of sulfonamides is 1. The van der Waals surface area contributed by atoms with E-state index in [1.165, 1.54) is 0 Å². The van der Waals surface area contributed by atoms with Crippen molar-refractivity contribution in [1.29, 1.82) is 0 Å². The zero-order chi connectivity index (χ0) is 26.0. The van der Waals surface area contributed by atoms with E-state index in [0.717, 1.165) is 15.4 Å². The van der Waals surface area contributed by atoms with Gasteiger partial charge in [-0.1, -0.05) is 89.6 Å². The second-order valence-corrected chi connectivity index (χ2v) is 18.1. The van der Waals surface area contributed by atoms with Crippen molar-refractivity contribution in [3.63, 3.8) is 0 Å². The number of carbonyl (C=O) groups excluding carboxylic acids is 1. The largest absolute Gasteiger partial charge is 0.274 e. The number of carbonyl (C=O) groups is 1. The van der Waals surface area contributed by atoms with Crippen LogP contribution in [0.4, 0.5) is 0 Å². The molecule has 2 aromatic rings. The summed E-state index contributed by atoms with van der Waals surface area (Å²) in [7, 11) is -5.95. The van der Waals surface area contributed by atoms with E-state index in [9.17, 15) is 13.2 Å². The Morgan fingerprint density at radius 2 is 1.46 bits per heavy atom. The van der Waals surface area contributed by atoms with Crippen LogP contribution < -0.4 is 0 Å². The number of benzene rings is 2. The van der Waals surface area contributed by atoms with E-state index < -0.39 is 24.1 Å². The van der Waals surface area contributed by atoms with E-state index in [4.69, 9.17) is 0 Å². The zero-order valence-electron chi connectivity index (χ0n) is 22.1. The van der Waals surface area contributed by atoms with Crippen LogP contribution in [0.3, 0.4) is 0 Å². The molecule has 4 nitrogen and oxygen atoms in total. The lowest BCUT2D eigenvalue weighted by Gasteiger charge is -2.38. The predicted molar refractivity (Wildman–Crippen MR) is 146 cm³/mol. The van der Waals surface area contributed by atoms with E-state index in [2.05, 4.69) is 53.0 Å². The number of hydrogen-bond donors (Lipinski definition) is 0. The molecule has 188 valence electrons. The smallest absolute Gasteiger partial charge is 0.266 e. The van der Waals surface area contributed by atoms with Crippen molar-refractivity contribution in [2.24, 2.45) is 0 Å². The van der Waals surface area contributed by atoms with Gasteiger partial charge in [0.15, 0.2) is 0 Å². The van der Waals surface area contributed by atoms with Crippen LogP contribution in [0.25, 0.3) is 0 Å². The van der Waals surface area contributed by atoms with Gasteiger partial charge in [-0.05, 0) is 41.2 Å². The molecule has 0 N–H and O–H groups in total. The van der Waals surface area contributed by atoms with Gasteiger partial charge in [-0.15, -0.1) is 11.5 Å². The highest BCUT2D eigenvalue weighted by atomic mass is 32.2. The van der Waals surface area contributed by atoms with Crippen LogP contribution in [0.5, 0.6) is 0 Å². The van der Waals surface area contributed by atoms with E-state index in [1.807, 2.05) is 37.3 Å². The molecule has 1 aliphatic rings. The standard InChI is InChI=1S/C29H39NO3SSi/c1-21(2)35(22(3)4,23(5)6)19-11-14-28-27(25-12-9-8-10-13-25)20-29(31)30(28)34(32,33)26-17-15-24(7)16-18-26/h8-10,12-13,15-18,21-23,27-28H,14,20H2,1-7H3/t27-,28-/m1/s1. The molecule has 0 aliphatic carbocycles. The first-order valence-corrected chi connectivity index (χ1v) is 16.3. The Balaban J connectivity index is 2.08. The van der Waals surface area contributed by atoms with E-state index in [1.54, 1.807) is 24.3 Å². The third kappa shape index (κ3) is 5.27. The number of hydrogen-bond acceptors (Lipinski definition) is 3. The van der Waals surface area contributed by atoms with Crippen molar-refractivity contribution in [2.75, 3.05) is 0 Å². The van der Waals surface area contributed by atoms with Crippen LogP contribution in [-0.2, 0) is 14.8 Å². The van der Waals surface area contributed by atoms with Gasteiger partial charge in [0.2, 0.25) is 5.91 Å². The molecule has 2 atom stereocenters. The van der Waals surface area contributed by atoms with Gasteiger partial charge in [-0.3, -0.25) is 4.79 Å². The molecule has 1 fully saturated rings. The lowest BCUT2D eigenvalue weighted by atomic mass is 9.90. The molecular formula is C29H39NO3SSi. The summed E-state index contributed by atoms with van der Waals surface area (Å²) in [5, 5.41) is 0. The highest BCUT2D eigenvalue weighted by Gasteiger charge is 2.47. The maximum absolute atomic E-state index is 13.7. The molecule has 0 spiro atoms. The van der Waals surface area contributed by atoms with Gasteiger partial charge >= 0.3 is 0 Å². The molecule has 0 bridgehead atoms. The van der Waals surface area contributed by atoms with Crippen LogP contribution >= 0.6 is 0 Å². The summed E-state index contributed by atoms with van der Waals surface area (Å²) < 4.78 is 28.5. The summed E-state index contributed by atoms with van der Waals surface area (Å²) in [6.07, 6.45) is 0.514. The highest BCUT2D eigenvalue weighted by Crippen LogP contribution is 2.42. The summed E-state index contributed by atoms with van der Waals surface area (Å²) in [6, 6.07) is 16.0. The fourth-order valence-electron chi connectivity index (χ4n) is 5.91. The van der Waals surface area contributed by atoms with Crippen LogP contribution in [-0.4, -0.2) is 32.7 Å². The topological polar surface area (TPSA) is 54.5 Å². The molecule has 0 radical (unpaired) electrons. The number of amides is 1. The van der Waals surface area contributed by atoms with Crippen molar-refractivity contribution in [3.8, 4) is 11.5 Å². The van der Waals surface area contributed by atoms with Gasteiger partial charge < -0.3 is 0 Å². The number of rotatable bonds is 7. The van der Waals surface area contributed by atoms with Gasteiger partial charge in [0.05, 0.1) is 10.9 Å². The molecule has 3 rings (SSSR count). The molecule has 2 aromatic carbocycles. The minimum absolute atomic E-state index is 0.151. The molecule has 1 amide bonds. The maximum Gasteiger partial charge on any atom is 0.266 e. The van der Waals surface area contributed by atoms with E-state index in [0.29, 0.717) is 23.0 Å². The van der Waals surface area contributed by atoms with Crippen molar-refractivity contribution < 1.29 is 13.2 Å². The Kier molecular flexibility index (Phi) is 8.34. The Morgan fingerprint density at radius 3 is 1.97 bits per heavy atom. The van der Waals surface area contributed by atoms with Crippen molar-refractivity contribution in [1.82, 2.24) is 4.31 Å². The van der Waals surface area contributed by atoms with Gasteiger partial charge in [-0.25, -0.2) is 12.7 Å². The van der Waals surface area contributed by atoms with Crippen LogP contribution in [0.2, 0.25) is 16.6 Å². The minimum atomic E-state index is -3.98. The fraction of sp³-hybridized carbons (Fsp3) is 0.483. The van der Waals surface area contributed by atoms with Crippen LogP contribution in [0, 0.1) is 18.4 Å². The minimum Gasteiger partial charge on any atom is -0.274 e. The number of aryl methyl sites for hydroxylation is 1. The number of nitrogens with zero attached hydrogens (tertiary/aromatic N) is 1.